The molecule has 0 aliphatic heterocycles. The van der Waals surface area contributed by atoms with Crippen LogP contribution in [0.2, 0.25) is 0 Å². The van der Waals surface area contributed by atoms with Gasteiger partial charge in [0.1, 0.15) is 5.82 Å². The van der Waals surface area contributed by atoms with Crippen LogP contribution in [0.3, 0.4) is 0 Å². The maximum absolute atomic E-state index is 5.77. The van der Waals surface area contributed by atoms with Crippen LogP contribution < -0.4 is 10.6 Å². The highest BCUT2D eigenvalue weighted by atomic mass is 32.1. The molecule has 0 saturated heterocycles. The molecule has 2 rings (SSSR count). The Morgan fingerprint density at radius 3 is 2.75 bits per heavy atom. The van der Waals surface area contributed by atoms with Crippen molar-refractivity contribution in [2.45, 2.75) is 39.8 Å². The Balaban J connectivity index is 2.38. The quantitative estimate of drug-likeness (QED) is 0.890. The molecule has 4 nitrogen and oxygen atoms in total. The van der Waals surface area contributed by atoms with Gasteiger partial charge in [0.15, 0.2) is 0 Å². The van der Waals surface area contributed by atoms with E-state index >= 15 is 0 Å². The number of hydrogen-bond donors (Lipinski definition) is 1. The fourth-order valence-electron chi connectivity index (χ4n) is 2.56. The third-order valence-corrected chi connectivity index (χ3v) is 4.37. The van der Waals surface area contributed by atoms with Crippen LogP contribution in [-0.2, 0) is 20.0 Å². The van der Waals surface area contributed by atoms with Crippen molar-refractivity contribution >= 4 is 17.2 Å². The highest BCUT2D eigenvalue weighted by Crippen LogP contribution is 2.28. The van der Waals surface area contributed by atoms with Gasteiger partial charge in [0.2, 0.25) is 0 Å². The van der Waals surface area contributed by atoms with E-state index in [1.54, 1.807) is 11.3 Å². The Morgan fingerprint density at radius 1 is 1.45 bits per heavy atom. The molecule has 0 saturated carbocycles. The minimum atomic E-state index is 0.420. The van der Waals surface area contributed by atoms with E-state index in [9.17, 15) is 0 Å². The van der Waals surface area contributed by atoms with Gasteiger partial charge in [-0.15, -0.1) is 11.3 Å². The van der Waals surface area contributed by atoms with Crippen molar-refractivity contribution in [1.82, 2.24) is 9.78 Å². The lowest BCUT2D eigenvalue weighted by Crippen LogP contribution is -2.32. The first-order valence-electron chi connectivity index (χ1n) is 7.06. The number of aromatic nitrogens is 2. The van der Waals surface area contributed by atoms with Crippen LogP contribution in [0.1, 0.15) is 30.0 Å². The molecule has 110 valence electrons. The number of nitrogens with two attached hydrogens (primary N) is 1. The van der Waals surface area contributed by atoms with Crippen LogP contribution in [0, 0.1) is 6.92 Å². The molecule has 5 heteroatoms. The van der Waals surface area contributed by atoms with E-state index in [0.717, 1.165) is 18.7 Å². The zero-order valence-corrected chi connectivity index (χ0v) is 13.6. The van der Waals surface area contributed by atoms with Crippen LogP contribution in [-0.4, -0.2) is 22.4 Å². The van der Waals surface area contributed by atoms with Crippen molar-refractivity contribution in [2.75, 3.05) is 11.4 Å². The van der Waals surface area contributed by atoms with E-state index in [0.29, 0.717) is 12.6 Å². The van der Waals surface area contributed by atoms with Gasteiger partial charge in [-0.25, -0.2) is 0 Å². The molecule has 0 atom stereocenters. The first kappa shape index (κ1) is 15.1. The summed E-state index contributed by atoms with van der Waals surface area (Å²) in [5, 5.41) is 6.71. The lowest BCUT2D eigenvalue weighted by atomic mass is 10.1. The highest BCUT2D eigenvalue weighted by molar-refractivity contribution is 7.09. The fourth-order valence-corrected chi connectivity index (χ4v) is 3.26. The van der Waals surface area contributed by atoms with Crippen molar-refractivity contribution in [2.24, 2.45) is 12.8 Å². The standard InChI is InChI=1S/C15H24N4S/c1-11(2)19(10-13-6-5-9-20-13)15-14(7-8-16)12(3)17-18(15)4/h5-6,9,11H,7-8,10,16H2,1-4H3. The van der Waals surface area contributed by atoms with E-state index < -0.39 is 0 Å². The first-order chi connectivity index (χ1) is 9.54. The van der Waals surface area contributed by atoms with Crippen molar-refractivity contribution in [3.63, 3.8) is 0 Å². The topological polar surface area (TPSA) is 47.1 Å². The number of rotatable bonds is 6. The van der Waals surface area contributed by atoms with E-state index in [4.69, 9.17) is 5.73 Å². The van der Waals surface area contributed by atoms with Gasteiger partial charge in [-0.3, -0.25) is 4.68 Å². The number of hydrogen-bond acceptors (Lipinski definition) is 4. The summed E-state index contributed by atoms with van der Waals surface area (Å²) in [5.74, 6) is 1.20. The minimum absolute atomic E-state index is 0.420. The molecule has 20 heavy (non-hydrogen) atoms. The van der Waals surface area contributed by atoms with Crippen LogP contribution in [0.25, 0.3) is 0 Å². The van der Waals surface area contributed by atoms with Gasteiger partial charge in [-0.05, 0) is 45.2 Å². The van der Waals surface area contributed by atoms with Gasteiger partial charge in [-0.1, -0.05) is 6.07 Å². The molecule has 0 bridgehead atoms. The van der Waals surface area contributed by atoms with Gasteiger partial charge >= 0.3 is 0 Å². The maximum Gasteiger partial charge on any atom is 0.130 e. The van der Waals surface area contributed by atoms with Gasteiger partial charge in [0.05, 0.1) is 12.2 Å². The normalized spacial score (nSPS) is 11.3. The smallest absolute Gasteiger partial charge is 0.130 e. The predicted octanol–water partition coefficient (Wildman–Crippen LogP) is 2.71. The summed E-state index contributed by atoms with van der Waals surface area (Å²) in [6, 6.07) is 4.71. The second-order valence-corrected chi connectivity index (χ2v) is 6.38. The van der Waals surface area contributed by atoms with Crippen molar-refractivity contribution in [3.8, 4) is 0 Å². The summed E-state index contributed by atoms with van der Waals surface area (Å²) >= 11 is 1.80. The average molecular weight is 292 g/mol. The van der Waals surface area contributed by atoms with Gasteiger partial charge in [0, 0.05) is 23.5 Å². The number of nitrogens with zero attached hydrogens (tertiary/aromatic N) is 3. The molecule has 0 aliphatic rings. The molecule has 0 aliphatic carbocycles. The molecule has 0 aromatic carbocycles. The largest absolute Gasteiger partial charge is 0.349 e. The molecule has 2 aromatic heterocycles. The molecule has 0 unspecified atom stereocenters. The molecular weight excluding hydrogens is 268 g/mol. The van der Waals surface area contributed by atoms with Gasteiger partial charge in [0.25, 0.3) is 0 Å². The Morgan fingerprint density at radius 2 is 2.20 bits per heavy atom. The molecule has 2 aromatic rings. The molecule has 0 fully saturated rings. The van der Waals surface area contributed by atoms with E-state index in [-0.39, 0.29) is 0 Å². The van der Waals surface area contributed by atoms with Crippen molar-refractivity contribution in [1.29, 1.82) is 0 Å². The van der Waals surface area contributed by atoms with Crippen LogP contribution in [0.15, 0.2) is 17.5 Å². The SMILES string of the molecule is Cc1nn(C)c(N(Cc2cccs2)C(C)C)c1CCN. The Kier molecular flexibility index (Phi) is 4.83. The van der Waals surface area contributed by atoms with Crippen LogP contribution in [0.4, 0.5) is 5.82 Å². The third kappa shape index (κ3) is 3.04. The van der Waals surface area contributed by atoms with Crippen molar-refractivity contribution in [3.05, 3.63) is 33.6 Å². The molecular formula is C15H24N4S. The zero-order chi connectivity index (χ0) is 14.7. The van der Waals surface area contributed by atoms with E-state index in [1.807, 2.05) is 11.7 Å². The van der Waals surface area contributed by atoms with Gasteiger partial charge in [-0.2, -0.15) is 5.10 Å². The van der Waals surface area contributed by atoms with E-state index in [1.165, 1.54) is 16.3 Å². The summed E-state index contributed by atoms with van der Waals surface area (Å²) < 4.78 is 1.99. The Labute approximate surface area is 125 Å². The third-order valence-electron chi connectivity index (χ3n) is 3.51. The van der Waals surface area contributed by atoms with Crippen molar-refractivity contribution < 1.29 is 0 Å². The minimum Gasteiger partial charge on any atom is -0.349 e. The maximum atomic E-state index is 5.77. The fraction of sp³-hybridized carbons (Fsp3) is 0.533. The summed E-state index contributed by atoms with van der Waals surface area (Å²) in [4.78, 5) is 3.79. The van der Waals surface area contributed by atoms with Crippen LogP contribution >= 0.6 is 11.3 Å². The zero-order valence-electron chi connectivity index (χ0n) is 12.8. The predicted molar refractivity (Wildman–Crippen MR) is 86.3 cm³/mol. The molecule has 0 spiro atoms. The summed E-state index contributed by atoms with van der Waals surface area (Å²) in [7, 11) is 2.02. The molecule has 0 amide bonds. The Hall–Kier alpha value is -1.33. The lowest BCUT2D eigenvalue weighted by molar-refractivity contribution is 0.634. The highest BCUT2D eigenvalue weighted by Gasteiger charge is 2.21. The second-order valence-electron chi connectivity index (χ2n) is 5.35. The van der Waals surface area contributed by atoms with Crippen LogP contribution in [0.5, 0.6) is 0 Å². The molecule has 2 N–H and O–H groups in total. The second kappa shape index (κ2) is 6.41. The van der Waals surface area contributed by atoms with Gasteiger partial charge < -0.3 is 10.6 Å². The Bertz CT molecular complexity index is 542. The van der Waals surface area contributed by atoms with E-state index in [2.05, 4.69) is 48.3 Å². The average Bonchev–Trinajstić information content (AvgIpc) is 2.97. The monoisotopic (exact) mass is 292 g/mol. The number of thiophene rings is 1. The molecule has 0 radical (unpaired) electrons. The molecule has 2 heterocycles. The summed E-state index contributed by atoms with van der Waals surface area (Å²) in [5.41, 5.74) is 8.13. The lowest BCUT2D eigenvalue weighted by Gasteiger charge is -2.29. The number of aryl methyl sites for hydroxylation is 2. The summed E-state index contributed by atoms with van der Waals surface area (Å²) in [6.45, 7) is 8.10. The summed E-state index contributed by atoms with van der Waals surface area (Å²) in [6.07, 6.45) is 0.878. The number of anilines is 1. The first-order valence-corrected chi connectivity index (χ1v) is 7.94.